The van der Waals surface area contributed by atoms with Crippen LogP contribution in [0.4, 0.5) is 13.2 Å². The predicted molar refractivity (Wildman–Crippen MR) is 52.7 cm³/mol. The van der Waals surface area contributed by atoms with E-state index in [2.05, 4.69) is 0 Å². The molecule has 0 amide bonds. The van der Waals surface area contributed by atoms with E-state index in [9.17, 15) is 23.4 Å². The molecule has 1 aromatic carbocycles. The normalized spacial score (nSPS) is 14.9. The molecular weight excluding hydrogens is 221 g/mol. The van der Waals surface area contributed by atoms with Crippen LogP contribution in [0.3, 0.4) is 0 Å². The van der Waals surface area contributed by atoms with Gasteiger partial charge in [-0.2, -0.15) is 13.2 Å². The Labute approximate surface area is 91.3 Å². The molecule has 1 atom stereocenters. The molecule has 0 bridgehead atoms. The zero-order valence-electron chi connectivity index (χ0n) is 8.92. The molecule has 16 heavy (non-hydrogen) atoms. The second-order valence-electron chi connectivity index (χ2n) is 4.14. The van der Waals surface area contributed by atoms with Crippen LogP contribution in [-0.2, 0) is 6.18 Å². The third-order valence-electron chi connectivity index (χ3n) is 2.23. The fourth-order valence-electron chi connectivity index (χ4n) is 1.37. The largest absolute Gasteiger partial charge is 0.416 e. The number of halogens is 3. The van der Waals surface area contributed by atoms with Gasteiger partial charge in [-0.05, 0) is 25.5 Å². The van der Waals surface area contributed by atoms with Crippen molar-refractivity contribution < 1.29 is 23.4 Å². The van der Waals surface area contributed by atoms with Gasteiger partial charge in [0, 0.05) is 0 Å². The molecule has 1 rings (SSSR count). The average Bonchev–Trinajstić information content (AvgIpc) is 2.14. The summed E-state index contributed by atoms with van der Waals surface area (Å²) in [5.41, 5.74) is -2.87. The first-order valence-electron chi connectivity index (χ1n) is 4.70. The Kier molecular flexibility index (Phi) is 3.30. The van der Waals surface area contributed by atoms with Gasteiger partial charge >= 0.3 is 6.18 Å². The first-order valence-corrected chi connectivity index (χ1v) is 4.70. The Morgan fingerprint density at radius 3 is 2.06 bits per heavy atom. The molecule has 0 heterocycles. The van der Waals surface area contributed by atoms with Crippen molar-refractivity contribution in [3.63, 3.8) is 0 Å². The topological polar surface area (TPSA) is 40.5 Å². The monoisotopic (exact) mass is 234 g/mol. The predicted octanol–water partition coefficient (Wildman–Crippen LogP) is 2.51. The number of alkyl halides is 3. The van der Waals surface area contributed by atoms with Crippen LogP contribution < -0.4 is 0 Å². The highest BCUT2D eigenvalue weighted by Gasteiger charge is 2.37. The lowest BCUT2D eigenvalue weighted by Crippen LogP contribution is -2.30. The summed E-state index contributed by atoms with van der Waals surface area (Å²) in [6, 6.07) is 4.67. The van der Waals surface area contributed by atoms with E-state index in [-0.39, 0.29) is 5.56 Å². The molecule has 0 saturated heterocycles. The Balaban J connectivity index is 3.25. The molecule has 0 aliphatic carbocycles. The van der Waals surface area contributed by atoms with E-state index in [0.29, 0.717) is 0 Å². The smallest absolute Gasteiger partial charge is 0.387 e. The molecular formula is C11H13F3O2. The van der Waals surface area contributed by atoms with Crippen LogP contribution in [0.2, 0.25) is 0 Å². The minimum Gasteiger partial charge on any atom is -0.387 e. The lowest BCUT2D eigenvalue weighted by atomic mass is 9.91. The van der Waals surface area contributed by atoms with Crippen molar-refractivity contribution in [1.82, 2.24) is 0 Å². The quantitative estimate of drug-likeness (QED) is 0.825. The van der Waals surface area contributed by atoms with Gasteiger partial charge in [-0.3, -0.25) is 0 Å². The number of aliphatic hydroxyl groups is 2. The summed E-state index contributed by atoms with van der Waals surface area (Å²) in [5.74, 6) is 0. The Morgan fingerprint density at radius 1 is 1.12 bits per heavy atom. The van der Waals surface area contributed by atoms with Crippen LogP contribution in [0, 0.1) is 0 Å². The van der Waals surface area contributed by atoms with Gasteiger partial charge in [0.1, 0.15) is 6.10 Å². The second kappa shape index (κ2) is 4.07. The van der Waals surface area contributed by atoms with Gasteiger partial charge < -0.3 is 10.2 Å². The number of aliphatic hydroxyl groups excluding tert-OH is 1. The molecule has 1 unspecified atom stereocenters. The van der Waals surface area contributed by atoms with Crippen molar-refractivity contribution in [3.05, 3.63) is 35.4 Å². The van der Waals surface area contributed by atoms with Gasteiger partial charge in [0.2, 0.25) is 0 Å². The van der Waals surface area contributed by atoms with E-state index in [1.807, 2.05) is 0 Å². The molecule has 0 saturated carbocycles. The standard InChI is InChI=1S/C11H13F3O2/c1-10(2,16)9(15)7-5-3-4-6-8(7)11(12,13)14/h3-6,9,15-16H,1-2H3. The zero-order valence-corrected chi connectivity index (χ0v) is 8.92. The summed E-state index contributed by atoms with van der Waals surface area (Å²) in [5, 5.41) is 19.2. The van der Waals surface area contributed by atoms with Gasteiger partial charge in [-0.25, -0.2) is 0 Å². The van der Waals surface area contributed by atoms with E-state index < -0.39 is 23.4 Å². The maximum Gasteiger partial charge on any atom is 0.416 e. The minimum atomic E-state index is -4.54. The highest BCUT2D eigenvalue weighted by atomic mass is 19.4. The Hall–Kier alpha value is -1.07. The van der Waals surface area contributed by atoms with Crippen molar-refractivity contribution in [2.45, 2.75) is 31.7 Å². The van der Waals surface area contributed by atoms with Gasteiger partial charge in [-0.1, -0.05) is 18.2 Å². The second-order valence-corrected chi connectivity index (χ2v) is 4.14. The average molecular weight is 234 g/mol. The lowest BCUT2D eigenvalue weighted by Gasteiger charge is -2.27. The van der Waals surface area contributed by atoms with E-state index in [1.54, 1.807) is 0 Å². The highest BCUT2D eigenvalue weighted by Crippen LogP contribution is 2.37. The third kappa shape index (κ3) is 2.74. The summed E-state index contributed by atoms with van der Waals surface area (Å²) in [7, 11) is 0. The minimum absolute atomic E-state index is 0.317. The summed E-state index contributed by atoms with van der Waals surface area (Å²) in [6.07, 6.45) is -6.12. The van der Waals surface area contributed by atoms with Crippen molar-refractivity contribution in [3.8, 4) is 0 Å². The molecule has 0 radical (unpaired) electrons. The fourth-order valence-corrected chi connectivity index (χ4v) is 1.37. The first kappa shape index (κ1) is 13.0. The van der Waals surface area contributed by atoms with E-state index in [1.165, 1.54) is 26.0 Å². The van der Waals surface area contributed by atoms with Crippen molar-refractivity contribution in [2.75, 3.05) is 0 Å². The van der Waals surface area contributed by atoms with Crippen LogP contribution in [0.5, 0.6) is 0 Å². The Bertz CT molecular complexity index is 366. The van der Waals surface area contributed by atoms with Crippen LogP contribution in [0.1, 0.15) is 31.1 Å². The Morgan fingerprint density at radius 2 is 1.62 bits per heavy atom. The fraction of sp³-hybridized carbons (Fsp3) is 0.455. The van der Waals surface area contributed by atoms with E-state index >= 15 is 0 Å². The molecule has 90 valence electrons. The summed E-state index contributed by atoms with van der Waals surface area (Å²) < 4.78 is 37.8. The van der Waals surface area contributed by atoms with E-state index in [0.717, 1.165) is 12.1 Å². The van der Waals surface area contributed by atoms with E-state index in [4.69, 9.17) is 0 Å². The van der Waals surface area contributed by atoms with Crippen molar-refractivity contribution in [1.29, 1.82) is 0 Å². The number of rotatable bonds is 2. The van der Waals surface area contributed by atoms with Gasteiger partial charge in [0.25, 0.3) is 0 Å². The van der Waals surface area contributed by atoms with Gasteiger partial charge in [0.15, 0.2) is 0 Å². The van der Waals surface area contributed by atoms with Gasteiger partial charge in [-0.15, -0.1) is 0 Å². The van der Waals surface area contributed by atoms with Crippen LogP contribution in [0.15, 0.2) is 24.3 Å². The summed E-state index contributed by atoms with van der Waals surface area (Å²) in [4.78, 5) is 0. The SMILES string of the molecule is CC(C)(O)C(O)c1ccccc1C(F)(F)F. The first-order chi connectivity index (χ1) is 7.14. The van der Waals surface area contributed by atoms with Crippen molar-refractivity contribution >= 4 is 0 Å². The molecule has 0 spiro atoms. The van der Waals surface area contributed by atoms with Crippen molar-refractivity contribution in [2.24, 2.45) is 0 Å². The number of hydrogen-bond acceptors (Lipinski definition) is 2. The maximum absolute atomic E-state index is 12.6. The van der Waals surface area contributed by atoms with Crippen LogP contribution in [-0.4, -0.2) is 15.8 Å². The van der Waals surface area contributed by atoms with Crippen LogP contribution in [0.25, 0.3) is 0 Å². The molecule has 2 N–H and O–H groups in total. The summed E-state index contributed by atoms with van der Waals surface area (Å²) >= 11 is 0. The number of benzene rings is 1. The molecule has 2 nitrogen and oxygen atoms in total. The molecule has 1 aromatic rings. The lowest BCUT2D eigenvalue weighted by molar-refractivity contribution is -0.141. The molecule has 5 heteroatoms. The number of hydrogen-bond donors (Lipinski definition) is 2. The zero-order chi connectivity index (χ0) is 12.6. The molecule has 0 aromatic heterocycles. The molecule has 0 fully saturated rings. The third-order valence-corrected chi connectivity index (χ3v) is 2.23. The van der Waals surface area contributed by atoms with Gasteiger partial charge in [0.05, 0.1) is 11.2 Å². The molecule has 0 aliphatic rings. The highest BCUT2D eigenvalue weighted by molar-refractivity contribution is 5.32. The van der Waals surface area contributed by atoms with Crippen LogP contribution >= 0.6 is 0 Å². The maximum atomic E-state index is 12.6. The molecule has 0 aliphatic heterocycles. The summed E-state index contributed by atoms with van der Waals surface area (Å²) in [6.45, 7) is 2.51.